The molecule has 7 heteroatoms. The molecule has 3 rings (SSSR count). The topological polar surface area (TPSA) is 68.9 Å². The molecule has 2 heterocycles. The zero-order chi connectivity index (χ0) is 15.0. The molecule has 0 amide bonds. The molecule has 0 atom stereocenters. The Balaban J connectivity index is 1.99. The van der Waals surface area contributed by atoms with Gasteiger partial charge in [-0.15, -0.1) is 0 Å². The van der Waals surface area contributed by atoms with Crippen LogP contribution in [0.5, 0.6) is 0 Å². The summed E-state index contributed by atoms with van der Waals surface area (Å²) in [4.78, 5) is 28.8. The van der Waals surface area contributed by atoms with Crippen molar-refractivity contribution in [2.45, 2.75) is 6.54 Å². The van der Waals surface area contributed by atoms with Crippen molar-refractivity contribution >= 4 is 26.8 Å². The van der Waals surface area contributed by atoms with E-state index in [2.05, 4.69) is 10.3 Å². The molecule has 0 fully saturated rings. The average Bonchev–Trinajstić information content (AvgIpc) is 2.94. The SMILES string of the molecule is Cn1c(=O)c2nc(NCc3ccccc3)sc2n(C)c1=O. The van der Waals surface area contributed by atoms with Gasteiger partial charge in [-0.3, -0.25) is 13.9 Å². The first-order chi connectivity index (χ1) is 10.1. The molecule has 0 saturated carbocycles. The van der Waals surface area contributed by atoms with Gasteiger partial charge in [-0.1, -0.05) is 41.7 Å². The van der Waals surface area contributed by atoms with Crippen LogP contribution in [-0.2, 0) is 20.6 Å². The highest BCUT2D eigenvalue weighted by atomic mass is 32.1. The standard InChI is InChI=1S/C14H14N4O2S/c1-17-11(19)10-12(18(2)14(17)20)21-13(16-10)15-8-9-6-4-3-5-7-9/h3-7H,8H2,1-2H3,(H,15,16). The van der Waals surface area contributed by atoms with Crippen molar-refractivity contribution in [3.05, 3.63) is 56.7 Å². The molecule has 108 valence electrons. The van der Waals surface area contributed by atoms with E-state index < -0.39 is 0 Å². The smallest absolute Gasteiger partial charge is 0.331 e. The quantitative estimate of drug-likeness (QED) is 0.792. The van der Waals surface area contributed by atoms with Gasteiger partial charge >= 0.3 is 5.69 Å². The van der Waals surface area contributed by atoms with E-state index in [-0.39, 0.29) is 11.2 Å². The molecule has 1 aromatic carbocycles. The van der Waals surface area contributed by atoms with E-state index in [1.165, 1.54) is 23.0 Å². The second kappa shape index (κ2) is 5.17. The normalized spacial score (nSPS) is 11.0. The Hall–Kier alpha value is -2.41. The van der Waals surface area contributed by atoms with E-state index in [9.17, 15) is 9.59 Å². The van der Waals surface area contributed by atoms with E-state index in [1.54, 1.807) is 7.05 Å². The number of hydrogen-bond acceptors (Lipinski definition) is 5. The van der Waals surface area contributed by atoms with Crippen molar-refractivity contribution in [2.24, 2.45) is 14.1 Å². The zero-order valence-corrected chi connectivity index (χ0v) is 12.5. The summed E-state index contributed by atoms with van der Waals surface area (Å²) in [7, 11) is 3.10. The van der Waals surface area contributed by atoms with E-state index >= 15 is 0 Å². The number of hydrogen-bond donors (Lipinski definition) is 1. The van der Waals surface area contributed by atoms with Crippen LogP contribution < -0.4 is 16.6 Å². The lowest BCUT2D eigenvalue weighted by molar-refractivity contribution is 0.715. The summed E-state index contributed by atoms with van der Waals surface area (Å²) in [5.74, 6) is 0. The molecule has 3 aromatic rings. The Kier molecular flexibility index (Phi) is 3.34. The van der Waals surface area contributed by atoms with Crippen LogP contribution in [0.2, 0.25) is 0 Å². The fourth-order valence-electron chi connectivity index (χ4n) is 2.09. The summed E-state index contributed by atoms with van der Waals surface area (Å²) < 4.78 is 2.52. The fourth-order valence-corrected chi connectivity index (χ4v) is 2.99. The molecular weight excluding hydrogens is 288 g/mol. The summed E-state index contributed by atoms with van der Waals surface area (Å²) in [5.41, 5.74) is 0.738. The second-order valence-corrected chi connectivity index (χ2v) is 5.70. The van der Waals surface area contributed by atoms with Crippen LogP contribution in [0.25, 0.3) is 10.3 Å². The first kappa shape index (κ1) is 13.6. The third kappa shape index (κ3) is 2.36. The third-order valence-electron chi connectivity index (χ3n) is 3.28. The predicted octanol–water partition coefficient (Wildman–Crippen LogP) is 1.31. The van der Waals surface area contributed by atoms with Gasteiger partial charge in [0.25, 0.3) is 5.56 Å². The van der Waals surface area contributed by atoms with Gasteiger partial charge in [0, 0.05) is 20.6 Å². The van der Waals surface area contributed by atoms with E-state index in [0.717, 1.165) is 10.1 Å². The average molecular weight is 302 g/mol. The minimum atomic E-state index is -0.364. The first-order valence-corrected chi connectivity index (χ1v) is 7.24. The highest BCUT2D eigenvalue weighted by Gasteiger charge is 2.13. The molecule has 0 bridgehead atoms. The number of nitrogens with zero attached hydrogens (tertiary/aromatic N) is 3. The second-order valence-electron chi connectivity index (χ2n) is 4.72. The van der Waals surface area contributed by atoms with Gasteiger partial charge in [-0.05, 0) is 5.56 Å². The van der Waals surface area contributed by atoms with Crippen LogP contribution in [0, 0.1) is 0 Å². The van der Waals surface area contributed by atoms with Crippen LogP contribution in [0.4, 0.5) is 5.13 Å². The number of rotatable bonds is 3. The van der Waals surface area contributed by atoms with Crippen molar-refractivity contribution in [2.75, 3.05) is 5.32 Å². The lowest BCUT2D eigenvalue weighted by atomic mass is 10.2. The fraction of sp³-hybridized carbons (Fsp3) is 0.214. The lowest BCUT2D eigenvalue weighted by Crippen LogP contribution is -2.36. The zero-order valence-electron chi connectivity index (χ0n) is 11.7. The highest BCUT2D eigenvalue weighted by Crippen LogP contribution is 2.22. The molecule has 0 aliphatic rings. The number of nitrogens with one attached hydrogen (secondary N) is 1. The number of aryl methyl sites for hydroxylation is 1. The highest BCUT2D eigenvalue weighted by molar-refractivity contribution is 7.21. The lowest BCUT2D eigenvalue weighted by Gasteiger charge is -2.01. The van der Waals surface area contributed by atoms with Crippen LogP contribution in [0.15, 0.2) is 39.9 Å². The Morgan fingerprint density at radius 3 is 2.57 bits per heavy atom. The Morgan fingerprint density at radius 2 is 1.86 bits per heavy atom. The predicted molar refractivity (Wildman–Crippen MR) is 83.9 cm³/mol. The minimum absolute atomic E-state index is 0.320. The van der Waals surface area contributed by atoms with Gasteiger partial charge in [0.05, 0.1) is 0 Å². The minimum Gasteiger partial charge on any atom is -0.357 e. The molecule has 6 nitrogen and oxygen atoms in total. The molecule has 0 radical (unpaired) electrons. The van der Waals surface area contributed by atoms with Crippen molar-refractivity contribution < 1.29 is 0 Å². The van der Waals surface area contributed by atoms with Crippen molar-refractivity contribution in [1.29, 1.82) is 0 Å². The number of benzene rings is 1. The van der Waals surface area contributed by atoms with Gasteiger partial charge in [0.1, 0.15) is 4.83 Å². The van der Waals surface area contributed by atoms with Crippen molar-refractivity contribution in [1.82, 2.24) is 14.1 Å². The van der Waals surface area contributed by atoms with Crippen LogP contribution in [-0.4, -0.2) is 14.1 Å². The molecule has 0 aliphatic heterocycles. The van der Waals surface area contributed by atoms with Crippen LogP contribution in [0.1, 0.15) is 5.56 Å². The van der Waals surface area contributed by atoms with Crippen LogP contribution >= 0.6 is 11.3 Å². The molecule has 21 heavy (non-hydrogen) atoms. The summed E-state index contributed by atoms with van der Waals surface area (Å²) >= 11 is 1.31. The molecule has 1 N–H and O–H groups in total. The molecule has 0 unspecified atom stereocenters. The van der Waals surface area contributed by atoms with E-state index in [4.69, 9.17) is 0 Å². The maximum Gasteiger partial charge on any atom is 0.331 e. The van der Waals surface area contributed by atoms with Gasteiger partial charge in [0.2, 0.25) is 0 Å². The summed E-state index contributed by atoms with van der Waals surface area (Å²) in [5, 5.41) is 3.82. The molecular formula is C14H14N4O2S. The largest absolute Gasteiger partial charge is 0.357 e. The molecule has 0 aliphatic carbocycles. The first-order valence-electron chi connectivity index (χ1n) is 6.42. The number of fused-ring (bicyclic) bond motifs is 1. The van der Waals surface area contributed by atoms with E-state index in [1.807, 2.05) is 30.3 Å². The van der Waals surface area contributed by atoms with Gasteiger partial charge in [-0.25, -0.2) is 9.78 Å². The maximum absolute atomic E-state index is 12.1. The molecule has 0 spiro atoms. The Bertz CT molecular complexity index is 908. The Morgan fingerprint density at radius 1 is 1.14 bits per heavy atom. The summed E-state index contributed by atoms with van der Waals surface area (Å²) in [6, 6.07) is 9.91. The van der Waals surface area contributed by atoms with Crippen molar-refractivity contribution in [3.8, 4) is 0 Å². The van der Waals surface area contributed by atoms with Crippen molar-refractivity contribution in [3.63, 3.8) is 0 Å². The number of aromatic nitrogens is 3. The number of thiazole rings is 1. The van der Waals surface area contributed by atoms with Gasteiger partial charge in [-0.2, -0.15) is 0 Å². The summed E-state index contributed by atoms with van der Waals surface area (Å²) in [6.45, 7) is 0.620. The van der Waals surface area contributed by atoms with Crippen LogP contribution in [0.3, 0.4) is 0 Å². The Labute approximate surface area is 124 Å². The maximum atomic E-state index is 12.1. The monoisotopic (exact) mass is 302 g/mol. The third-order valence-corrected chi connectivity index (χ3v) is 4.37. The number of anilines is 1. The summed E-state index contributed by atoms with van der Waals surface area (Å²) in [6.07, 6.45) is 0. The van der Waals surface area contributed by atoms with E-state index in [0.29, 0.717) is 22.0 Å². The molecule has 0 saturated heterocycles. The van der Waals surface area contributed by atoms with Gasteiger partial charge in [0.15, 0.2) is 10.6 Å². The van der Waals surface area contributed by atoms with Gasteiger partial charge < -0.3 is 5.32 Å². The molecule has 2 aromatic heterocycles.